The predicted octanol–water partition coefficient (Wildman–Crippen LogP) is 5.34. The molecule has 4 rings (SSSR count). The number of pyridine rings is 1. The number of carbonyl (C=O) groups excluding carboxylic acids is 1. The van der Waals surface area contributed by atoms with Crippen LogP contribution in [0.3, 0.4) is 0 Å². The minimum Gasteiger partial charge on any atom is -0.326 e. The summed E-state index contributed by atoms with van der Waals surface area (Å²) in [5.74, 6) is 0.868. The van der Waals surface area contributed by atoms with E-state index in [0.29, 0.717) is 24.3 Å². The number of imidazole rings is 1. The highest BCUT2D eigenvalue weighted by atomic mass is 35.5. The lowest BCUT2D eigenvalue weighted by Crippen LogP contribution is -2.13. The summed E-state index contributed by atoms with van der Waals surface area (Å²) in [6.07, 6.45) is 3.53. The van der Waals surface area contributed by atoms with Gasteiger partial charge in [0.25, 0.3) is 0 Å². The Morgan fingerprint density at radius 3 is 2.76 bits per heavy atom. The van der Waals surface area contributed by atoms with Crippen molar-refractivity contribution in [2.75, 3.05) is 5.32 Å². The Morgan fingerprint density at radius 2 is 1.93 bits per heavy atom. The topological polar surface area (TPSA) is 59.8 Å². The second-order valence-electron chi connectivity index (χ2n) is 6.91. The molecule has 6 heteroatoms. The van der Waals surface area contributed by atoms with E-state index >= 15 is 0 Å². The number of carbonyl (C=O) groups is 1. The third kappa shape index (κ3) is 4.30. The van der Waals surface area contributed by atoms with E-state index in [1.54, 1.807) is 12.3 Å². The fourth-order valence-electron chi connectivity index (χ4n) is 3.32. The standard InChI is InChI=1S/C23H21ClN4O/c1-16-12-13-17(24)15-20(16)27-22(29)11-5-10-21-26-19-9-6-14-25-23(19)28(21)18-7-3-2-4-8-18/h2-4,6-9,12-15H,5,10-11H2,1H3,(H,27,29). The Bertz CT molecular complexity index is 1150. The van der Waals surface area contributed by atoms with Crippen molar-refractivity contribution in [2.24, 2.45) is 0 Å². The third-order valence-corrected chi connectivity index (χ3v) is 5.01. The molecule has 29 heavy (non-hydrogen) atoms. The highest BCUT2D eigenvalue weighted by Gasteiger charge is 2.14. The van der Waals surface area contributed by atoms with Gasteiger partial charge in [-0.1, -0.05) is 35.9 Å². The van der Waals surface area contributed by atoms with Crippen LogP contribution >= 0.6 is 11.6 Å². The molecule has 0 atom stereocenters. The molecule has 1 N–H and O–H groups in total. The average molecular weight is 405 g/mol. The van der Waals surface area contributed by atoms with Gasteiger partial charge in [-0.25, -0.2) is 9.97 Å². The third-order valence-electron chi connectivity index (χ3n) is 4.78. The summed E-state index contributed by atoms with van der Waals surface area (Å²) >= 11 is 6.03. The molecule has 0 unspecified atom stereocenters. The number of benzene rings is 2. The van der Waals surface area contributed by atoms with Crippen molar-refractivity contribution in [3.63, 3.8) is 0 Å². The van der Waals surface area contributed by atoms with Gasteiger partial charge >= 0.3 is 0 Å². The number of hydrogen-bond donors (Lipinski definition) is 1. The summed E-state index contributed by atoms with van der Waals surface area (Å²) in [6, 6.07) is 19.4. The number of para-hydroxylation sites is 1. The van der Waals surface area contributed by atoms with Gasteiger partial charge in [0.2, 0.25) is 5.91 Å². The number of amides is 1. The second-order valence-corrected chi connectivity index (χ2v) is 7.34. The van der Waals surface area contributed by atoms with Crippen LogP contribution in [0.25, 0.3) is 16.9 Å². The fourth-order valence-corrected chi connectivity index (χ4v) is 3.50. The molecule has 0 fully saturated rings. The van der Waals surface area contributed by atoms with Gasteiger partial charge in [0, 0.05) is 35.4 Å². The van der Waals surface area contributed by atoms with Gasteiger partial charge in [-0.3, -0.25) is 9.36 Å². The number of aromatic nitrogens is 3. The largest absolute Gasteiger partial charge is 0.326 e. The van der Waals surface area contributed by atoms with Crippen molar-refractivity contribution in [2.45, 2.75) is 26.2 Å². The summed E-state index contributed by atoms with van der Waals surface area (Å²) in [5.41, 5.74) is 4.43. The second kappa shape index (κ2) is 8.45. The maximum atomic E-state index is 12.4. The van der Waals surface area contributed by atoms with Crippen LogP contribution in [0.4, 0.5) is 5.69 Å². The Balaban J connectivity index is 1.49. The van der Waals surface area contributed by atoms with Gasteiger partial charge < -0.3 is 5.32 Å². The summed E-state index contributed by atoms with van der Waals surface area (Å²) in [7, 11) is 0. The molecular weight excluding hydrogens is 384 g/mol. The van der Waals surface area contributed by atoms with E-state index in [4.69, 9.17) is 16.6 Å². The van der Waals surface area contributed by atoms with Crippen LogP contribution in [0, 0.1) is 6.92 Å². The molecule has 2 aromatic carbocycles. The van der Waals surface area contributed by atoms with E-state index in [2.05, 4.69) is 14.9 Å². The molecule has 0 aliphatic rings. The first kappa shape index (κ1) is 19.2. The maximum absolute atomic E-state index is 12.4. The van der Waals surface area contributed by atoms with Crippen molar-refractivity contribution in [3.8, 4) is 5.69 Å². The number of rotatable bonds is 6. The molecular formula is C23H21ClN4O. The van der Waals surface area contributed by atoms with Crippen LogP contribution < -0.4 is 5.32 Å². The smallest absolute Gasteiger partial charge is 0.224 e. The van der Waals surface area contributed by atoms with Crippen LogP contribution in [-0.4, -0.2) is 20.4 Å². The lowest BCUT2D eigenvalue weighted by atomic mass is 10.1. The number of aryl methyl sites for hydroxylation is 2. The lowest BCUT2D eigenvalue weighted by molar-refractivity contribution is -0.116. The number of nitrogens with one attached hydrogen (secondary N) is 1. The molecule has 0 saturated heterocycles. The molecule has 2 aromatic heterocycles. The van der Waals surface area contributed by atoms with Crippen molar-refractivity contribution < 1.29 is 4.79 Å². The normalized spacial score (nSPS) is 11.0. The first-order chi connectivity index (χ1) is 14.1. The molecule has 146 valence electrons. The van der Waals surface area contributed by atoms with Gasteiger partial charge in [0.15, 0.2) is 5.65 Å². The summed E-state index contributed by atoms with van der Waals surface area (Å²) in [6.45, 7) is 1.95. The Kier molecular flexibility index (Phi) is 5.58. The van der Waals surface area contributed by atoms with Gasteiger partial charge in [0.05, 0.1) is 0 Å². The zero-order valence-electron chi connectivity index (χ0n) is 16.1. The highest BCUT2D eigenvalue weighted by Crippen LogP contribution is 2.22. The Morgan fingerprint density at radius 1 is 1.10 bits per heavy atom. The van der Waals surface area contributed by atoms with Crippen molar-refractivity contribution in [3.05, 3.63) is 83.3 Å². The number of nitrogens with zero attached hydrogens (tertiary/aromatic N) is 3. The van der Waals surface area contributed by atoms with Crippen LogP contribution in [0.2, 0.25) is 5.02 Å². The lowest BCUT2D eigenvalue weighted by Gasteiger charge is -2.10. The molecule has 5 nitrogen and oxygen atoms in total. The van der Waals surface area contributed by atoms with Gasteiger partial charge in [-0.05, 0) is 55.3 Å². The van der Waals surface area contributed by atoms with Crippen molar-refractivity contribution in [1.82, 2.24) is 14.5 Å². The molecule has 0 saturated carbocycles. The Labute approximate surface area is 174 Å². The zero-order valence-corrected chi connectivity index (χ0v) is 16.9. The Hall–Kier alpha value is -3.18. The van der Waals surface area contributed by atoms with Crippen molar-refractivity contribution >= 4 is 34.4 Å². The number of anilines is 1. The summed E-state index contributed by atoms with van der Waals surface area (Å²) < 4.78 is 2.06. The van der Waals surface area contributed by atoms with Gasteiger partial charge in [-0.2, -0.15) is 0 Å². The SMILES string of the molecule is Cc1ccc(Cl)cc1NC(=O)CCCc1nc2cccnc2n1-c1ccccc1. The minimum atomic E-state index is -0.0316. The maximum Gasteiger partial charge on any atom is 0.224 e. The van der Waals surface area contributed by atoms with E-state index in [1.807, 2.05) is 61.5 Å². The molecule has 2 heterocycles. The van der Waals surface area contributed by atoms with Crippen LogP contribution in [0.15, 0.2) is 66.9 Å². The van der Waals surface area contributed by atoms with Crippen LogP contribution in [0.5, 0.6) is 0 Å². The molecule has 0 aliphatic heterocycles. The number of halogens is 1. The predicted molar refractivity (Wildman–Crippen MR) is 117 cm³/mol. The monoisotopic (exact) mass is 404 g/mol. The van der Waals surface area contributed by atoms with E-state index < -0.39 is 0 Å². The first-order valence-corrected chi connectivity index (χ1v) is 9.93. The zero-order chi connectivity index (χ0) is 20.2. The number of hydrogen-bond acceptors (Lipinski definition) is 3. The van der Waals surface area contributed by atoms with Gasteiger partial charge in [-0.15, -0.1) is 0 Å². The molecule has 0 bridgehead atoms. The molecule has 0 aliphatic carbocycles. The van der Waals surface area contributed by atoms with Crippen LogP contribution in [0.1, 0.15) is 24.2 Å². The van der Waals surface area contributed by atoms with E-state index in [0.717, 1.165) is 33.9 Å². The fraction of sp³-hybridized carbons (Fsp3) is 0.174. The summed E-state index contributed by atoms with van der Waals surface area (Å²) in [5, 5.41) is 3.55. The van der Waals surface area contributed by atoms with Crippen LogP contribution in [-0.2, 0) is 11.2 Å². The van der Waals surface area contributed by atoms with E-state index in [-0.39, 0.29) is 5.91 Å². The van der Waals surface area contributed by atoms with E-state index in [9.17, 15) is 4.79 Å². The van der Waals surface area contributed by atoms with E-state index in [1.165, 1.54) is 0 Å². The first-order valence-electron chi connectivity index (χ1n) is 9.55. The average Bonchev–Trinajstić information content (AvgIpc) is 3.09. The van der Waals surface area contributed by atoms with Gasteiger partial charge in [0.1, 0.15) is 11.3 Å². The molecule has 4 aromatic rings. The molecule has 0 radical (unpaired) electrons. The molecule has 0 spiro atoms. The highest BCUT2D eigenvalue weighted by molar-refractivity contribution is 6.31. The quantitative estimate of drug-likeness (QED) is 0.471. The summed E-state index contributed by atoms with van der Waals surface area (Å²) in [4.78, 5) is 21.7. The molecule has 1 amide bonds. The van der Waals surface area contributed by atoms with Crippen molar-refractivity contribution in [1.29, 1.82) is 0 Å². The number of fused-ring (bicyclic) bond motifs is 1. The minimum absolute atomic E-state index is 0.0316.